The zero-order chi connectivity index (χ0) is 9.14. The number of pyridine rings is 1. The highest BCUT2D eigenvalue weighted by molar-refractivity contribution is 5.88. The maximum absolute atomic E-state index is 10.5. The minimum Gasteiger partial charge on any atom is -0.478 e. The Kier molecular flexibility index (Phi) is 1.97. The largest absolute Gasteiger partial charge is 0.478 e. The molecule has 0 aliphatic heterocycles. The van der Waals surface area contributed by atoms with Gasteiger partial charge in [-0.2, -0.15) is 0 Å². The number of aromatic nitrogens is 1. The van der Waals surface area contributed by atoms with E-state index in [4.69, 9.17) is 17.3 Å². The van der Waals surface area contributed by atoms with Crippen molar-refractivity contribution in [1.29, 1.82) is 0 Å². The molecule has 12 heavy (non-hydrogen) atoms. The molecule has 0 spiro atoms. The van der Waals surface area contributed by atoms with Crippen LogP contribution in [0.25, 0.3) is 0 Å². The molecule has 0 amide bonds. The fourth-order valence-corrected chi connectivity index (χ4v) is 0.749. The van der Waals surface area contributed by atoms with Gasteiger partial charge in [0.05, 0.1) is 5.56 Å². The molecule has 60 valence electrons. The standard InChI is InChI=1S/C8H6N2O2/c1-2-6-3-5(8(11)12)4-7(9)10-6/h1,3-4H,(H2,9,10)(H,11,12). The number of nitrogens with zero attached hydrogens (tertiary/aromatic N) is 1. The average molecular weight is 162 g/mol. The van der Waals surface area contributed by atoms with Gasteiger partial charge in [-0.25, -0.2) is 9.78 Å². The second kappa shape index (κ2) is 2.93. The molecule has 1 heterocycles. The Labute approximate surface area is 69.0 Å². The third-order valence-electron chi connectivity index (χ3n) is 1.24. The molecule has 0 radical (unpaired) electrons. The van der Waals surface area contributed by atoms with Crippen molar-refractivity contribution in [2.45, 2.75) is 0 Å². The van der Waals surface area contributed by atoms with Crippen molar-refractivity contribution in [2.24, 2.45) is 0 Å². The van der Waals surface area contributed by atoms with E-state index < -0.39 is 5.97 Å². The summed E-state index contributed by atoms with van der Waals surface area (Å²) in [6, 6.07) is 2.54. The first-order valence-electron chi connectivity index (χ1n) is 3.11. The topological polar surface area (TPSA) is 76.2 Å². The molecule has 0 aliphatic rings. The number of rotatable bonds is 1. The van der Waals surface area contributed by atoms with Gasteiger partial charge in [0.2, 0.25) is 0 Å². The van der Waals surface area contributed by atoms with Gasteiger partial charge >= 0.3 is 5.97 Å². The van der Waals surface area contributed by atoms with Crippen molar-refractivity contribution >= 4 is 11.8 Å². The summed E-state index contributed by atoms with van der Waals surface area (Å²) in [5.41, 5.74) is 5.58. The predicted molar refractivity (Wildman–Crippen MR) is 43.5 cm³/mol. The molecule has 4 nitrogen and oxygen atoms in total. The van der Waals surface area contributed by atoms with Crippen LogP contribution >= 0.6 is 0 Å². The van der Waals surface area contributed by atoms with Gasteiger partial charge in [-0.05, 0) is 12.1 Å². The number of hydrogen-bond acceptors (Lipinski definition) is 3. The zero-order valence-electron chi connectivity index (χ0n) is 6.11. The fraction of sp³-hybridized carbons (Fsp3) is 0. The Morgan fingerprint density at radius 3 is 2.83 bits per heavy atom. The van der Waals surface area contributed by atoms with E-state index in [-0.39, 0.29) is 17.1 Å². The van der Waals surface area contributed by atoms with Gasteiger partial charge in [0, 0.05) is 0 Å². The number of nitrogen functional groups attached to an aromatic ring is 1. The quantitative estimate of drug-likeness (QED) is 0.584. The van der Waals surface area contributed by atoms with Gasteiger partial charge in [0.1, 0.15) is 11.5 Å². The van der Waals surface area contributed by atoms with Gasteiger partial charge < -0.3 is 10.8 Å². The van der Waals surface area contributed by atoms with E-state index in [1.165, 1.54) is 12.1 Å². The van der Waals surface area contributed by atoms with Crippen molar-refractivity contribution in [3.63, 3.8) is 0 Å². The molecule has 0 atom stereocenters. The molecule has 1 aromatic heterocycles. The van der Waals surface area contributed by atoms with Crippen LogP contribution in [0.4, 0.5) is 5.82 Å². The Balaban J connectivity index is 3.26. The van der Waals surface area contributed by atoms with Crippen LogP contribution in [0, 0.1) is 12.3 Å². The minimum absolute atomic E-state index is 0.0513. The van der Waals surface area contributed by atoms with Crippen LogP contribution in [-0.2, 0) is 0 Å². The van der Waals surface area contributed by atoms with Crippen molar-refractivity contribution in [1.82, 2.24) is 4.98 Å². The van der Waals surface area contributed by atoms with Crippen LogP contribution in [0.1, 0.15) is 16.1 Å². The van der Waals surface area contributed by atoms with E-state index in [1.807, 2.05) is 0 Å². The summed E-state index contributed by atoms with van der Waals surface area (Å²) in [7, 11) is 0. The Morgan fingerprint density at radius 2 is 2.33 bits per heavy atom. The fourth-order valence-electron chi connectivity index (χ4n) is 0.749. The minimum atomic E-state index is -1.07. The molecule has 0 unspecified atom stereocenters. The van der Waals surface area contributed by atoms with Crippen LogP contribution in [0.3, 0.4) is 0 Å². The molecule has 4 heteroatoms. The Hall–Kier alpha value is -2.02. The maximum atomic E-state index is 10.5. The average Bonchev–Trinajstić information content (AvgIpc) is 2.03. The number of hydrogen-bond donors (Lipinski definition) is 2. The van der Waals surface area contributed by atoms with E-state index in [0.717, 1.165) is 0 Å². The summed E-state index contributed by atoms with van der Waals surface area (Å²) < 4.78 is 0. The second-order valence-corrected chi connectivity index (χ2v) is 2.12. The molecule has 0 saturated carbocycles. The Bertz CT molecular complexity index is 366. The predicted octanol–water partition coefficient (Wildman–Crippen LogP) is 0.343. The SMILES string of the molecule is C#Cc1cc(C(=O)O)cc(N)n1. The number of nitrogens with two attached hydrogens (primary N) is 1. The molecule has 1 rings (SSSR count). The number of aromatic carboxylic acids is 1. The third kappa shape index (κ3) is 1.52. The zero-order valence-corrected chi connectivity index (χ0v) is 6.11. The van der Waals surface area contributed by atoms with Crippen LogP contribution < -0.4 is 5.73 Å². The third-order valence-corrected chi connectivity index (χ3v) is 1.24. The molecule has 0 fully saturated rings. The van der Waals surface area contributed by atoms with Crippen molar-refractivity contribution in [3.05, 3.63) is 23.4 Å². The molecule has 3 N–H and O–H groups in total. The smallest absolute Gasteiger partial charge is 0.335 e. The van der Waals surface area contributed by atoms with Gasteiger partial charge in [-0.1, -0.05) is 5.92 Å². The molecular weight excluding hydrogens is 156 g/mol. The normalized spacial score (nSPS) is 8.92. The lowest BCUT2D eigenvalue weighted by Gasteiger charge is -1.97. The van der Waals surface area contributed by atoms with Crippen molar-refractivity contribution in [2.75, 3.05) is 5.73 Å². The van der Waals surface area contributed by atoms with E-state index in [9.17, 15) is 4.79 Å². The van der Waals surface area contributed by atoms with Crippen LogP contribution in [0.5, 0.6) is 0 Å². The van der Waals surface area contributed by atoms with Gasteiger partial charge in [0.15, 0.2) is 0 Å². The molecule has 0 aromatic carbocycles. The first-order valence-corrected chi connectivity index (χ1v) is 3.11. The second-order valence-electron chi connectivity index (χ2n) is 2.12. The lowest BCUT2D eigenvalue weighted by molar-refractivity contribution is 0.0697. The van der Waals surface area contributed by atoms with Gasteiger partial charge in [-0.3, -0.25) is 0 Å². The number of anilines is 1. The molecule has 0 aliphatic carbocycles. The lowest BCUT2D eigenvalue weighted by Crippen LogP contribution is -2.01. The van der Waals surface area contributed by atoms with Gasteiger partial charge in [-0.15, -0.1) is 6.42 Å². The number of carboxylic acids is 1. The van der Waals surface area contributed by atoms with E-state index in [0.29, 0.717) is 0 Å². The molecule has 0 saturated heterocycles. The first kappa shape index (κ1) is 8.08. The van der Waals surface area contributed by atoms with Crippen molar-refractivity contribution < 1.29 is 9.90 Å². The summed E-state index contributed by atoms with van der Waals surface area (Å²) in [4.78, 5) is 14.2. The van der Waals surface area contributed by atoms with E-state index in [1.54, 1.807) is 0 Å². The summed E-state index contributed by atoms with van der Waals surface area (Å²) in [6.45, 7) is 0. The van der Waals surface area contributed by atoms with Crippen LogP contribution in [0.15, 0.2) is 12.1 Å². The maximum Gasteiger partial charge on any atom is 0.335 e. The summed E-state index contributed by atoms with van der Waals surface area (Å²) in [6.07, 6.45) is 5.03. The van der Waals surface area contributed by atoms with Crippen molar-refractivity contribution in [3.8, 4) is 12.3 Å². The molecule has 0 bridgehead atoms. The lowest BCUT2D eigenvalue weighted by atomic mass is 10.2. The number of terminal acetylenes is 1. The highest BCUT2D eigenvalue weighted by Gasteiger charge is 2.04. The number of carboxylic acid groups (broad SMARTS) is 1. The molecule has 1 aromatic rings. The highest BCUT2D eigenvalue weighted by atomic mass is 16.4. The van der Waals surface area contributed by atoms with Gasteiger partial charge in [0.25, 0.3) is 0 Å². The number of carbonyl (C=O) groups is 1. The summed E-state index contributed by atoms with van der Waals surface area (Å²) >= 11 is 0. The van der Waals surface area contributed by atoms with E-state index in [2.05, 4.69) is 10.9 Å². The first-order chi connectivity index (χ1) is 5.63. The van der Waals surface area contributed by atoms with E-state index >= 15 is 0 Å². The molecular formula is C8H6N2O2. The van der Waals surface area contributed by atoms with Crippen LogP contribution in [-0.4, -0.2) is 16.1 Å². The Morgan fingerprint density at radius 1 is 1.67 bits per heavy atom. The van der Waals surface area contributed by atoms with Crippen LogP contribution in [0.2, 0.25) is 0 Å². The summed E-state index contributed by atoms with van der Waals surface area (Å²) in [5.74, 6) is 1.25. The highest BCUT2D eigenvalue weighted by Crippen LogP contribution is 2.06. The monoisotopic (exact) mass is 162 g/mol. The summed E-state index contributed by atoms with van der Waals surface area (Å²) in [5, 5.41) is 8.58.